The van der Waals surface area contributed by atoms with Crippen molar-refractivity contribution >= 4 is 48.3 Å². The maximum absolute atomic E-state index is 12.6. The van der Waals surface area contributed by atoms with E-state index >= 15 is 0 Å². The zero-order valence-corrected chi connectivity index (χ0v) is 17.9. The van der Waals surface area contributed by atoms with E-state index in [1.165, 1.54) is 11.3 Å². The lowest BCUT2D eigenvalue weighted by molar-refractivity contribution is 0.102. The van der Waals surface area contributed by atoms with Crippen molar-refractivity contribution in [2.75, 3.05) is 10.0 Å². The lowest BCUT2D eigenvalue weighted by Gasteiger charge is -2.05. The first-order chi connectivity index (χ1) is 14.8. The van der Waals surface area contributed by atoms with Gasteiger partial charge in [-0.1, -0.05) is 29.0 Å². The Kier molecular flexibility index (Phi) is 5.42. The van der Waals surface area contributed by atoms with E-state index in [1.54, 1.807) is 66.7 Å². The first-order valence-corrected chi connectivity index (χ1v) is 11.5. The van der Waals surface area contributed by atoms with Crippen molar-refractivity contribution in [2.45, 2.75) is 11.8 Å². The number of amides is 1. The smallest absolute Gasteiger partial charge is 0.263 e. The molecule has 0 radical (unpaired) electrons. The second-order valence-electron chi connectivity index (χ2n) is 6.76. The zero-order chi connectivity index (χ0) is 22.0. The predicted octanol–water partition coefficient (Wildman–Crippen LogP) is 4.53. The summed E-state index contributed by atoms with van der Waals surface area (Å²) in [6.07, 6.45) is 0. The van der Waals surface area contributed by atoms with E-state index in [2.05, 4.69) is 15.0 Å². The van der Waals surface area contributed by atoms with Crippen molar-refractivity contribution in [2.24, 2.45) is 0 Å². The Hall–Kier alpha value is -3.74. The Morgan fingerprint density at radius 2 is 1.74 bits per heavy atom. The van der Waals surface area contributed by atoms with Crippen molar-refractivity contribution in [1.82, 2.24) is 4.98 Å². The zero-order valence-electron chi connectivity index (χ0n) is 16.3. The van der Waals surface area contributed by atoms with Crippen molar-refractivity contribution in [3.8, 4) is 6.07 Å². The van der Waals surface area contributed by atoms with Gasteiger partial charge in [-0.25, -0.2) is 13.4 Å². The minimum Gasteiger partial charge on any atom is -0.322 e. The van der Waals surface area contributed by atoms with Crippen LogP contribution >= 0.6 is 11.3 Å². The van der Waals surface area contributed by atoms with Crippen LogP contribution in [-0.2, 0) is 10.0 Å². The van der Waals surface area contributed by atoms with Gasteiger partial charge >= 0.3 is 0 Å². The van der Waals surface area contributed by atoms with Crippen LogP contribution in [0.15, 0.2) is 71.6 Å². The highest BCUT2D eigenvalue weighted by molar-refractivity contribution is 7.93. The van der Waals surface area contributed by atoms with Crippen LogP contribution < -0.4 is 10.0 Å². The highest BCUT2D eigenvalue weighted by atomic mass is 32.2. The van der Waals surface area contributed by atoms with Crippen molar-refractivity contribution in [3.05, 3.63) is 83.4 Å². The molecule has 1 amide bonds. The van der Waals surface area contributed by atoms with Crippen molar-refractivity contribution < 1.29 is 13.2 Å². The Balaban J connectivity index is 1.53. The fourth-order valence-electron chi connectivity index (χ4n) is 2.84. The molecule has 0 aliphatic rings. The van der Waals surface area contributed by atoms with Gasteiger partial charge in [0.25, 0.3) is 15.9 Å². The van der Waals surface area contributed by atoms with E-state index in [0.717, 1.165) is 10.3 Å². The highest BCUT2D eigenvalue weighted by Crippen LogP contribution is 2.30. The summed E-state index contributed by atoms with van der Waals surface area (Å²) in [4.78, 5) is 16.9. The summed E-state index contributed by atoms with van der Waals surface area (Å²) in [7, 11) is -3.74. The molecule has 0 spiro atoms. The largest absolute Gasteiger partial charge is 0.322 e. The third-order valence-electron chi connectivity index (χ3n) is 4.48. The van der Waals surface area contributed by atoms with Gasteiger partial charge in [0, 0.05) is 11.3 Å². The molecule has 0 bridgehead atoms. The molecule has 0 saturated carbocycles. The van der Waals surface area contributed by atoms with Crippen molar-refractivity contribution in [3.63, 3.8) is 0 Å². The molecule has 0 aliphatic heterocycles. The average Bonchev–Trinajstić information content (AvgIpc) is 3.14. The summed E-state index contributed by atoms with van der Waals surface area (Å²) in [6.45, 7) is 1.88. The van der Waals surface area contributed by atoms with Crippen LogP contribution in [0.4, 0.5) is 10.8 Å². The monoisotopic (exact) mass is 448 g/mol. The summed E-state index contributed by atoms with van der Waals surface area (Å²) >= 11 is 1.18. The number of nitrogens with one attached hydrogen (secondary N) is 2. The van der Waals surface area contributed by atoms with Gasteiger partial charge in [-0.05, 0) is 61.5 Å². The van der Waals surface area contributed by atoms with E-state index in [-0.39, 0.29) is 15.9 Å². The predicted molar refractivity (Wildman–Crippen MR) is 121 cm³/mol. The summed E-state index contributed by atoms with van der Waals surface area (Å²) in [5.41, 5.74) is 3.04. The van der Waals surface area contributed by atoms with Crippen LogP contribution in [0.3, 0.4) is 0 Å². The summed E-state index contributed by atoms with van der Waals surface area (Å²) in [5, 5.41) is 11.9. The molecule has 0 unspecified atom stereocenters. The molecular formula is C22H16N4O3S2. The molecule has 7 nitrogen and oxygen atoms in total. The molecule has 0 fully saturated rings. The number of aromatic nitrogens is 1. The maximum Gasteiger partial charge on any atom is 0.263 e. The molecule has 1 aromatic heterocycles. The number of carbonyl (C=O) groups is 1. The number of fused-ring (bicyclic) bond motifs is 1. The number of hydrogen-bond donors (Lipinski definition) is 2. The lowest BCUT2D eigenvalue weighted by atomic mass is 10.1. The topological polar surface area (TPSA) is 112 Å². The van der Waals surface area contributed by atoms with Gasteiger partial charge in [0.1, 0.15) is 0 Å². The van der Waals surface area contributed by atoms with Crippen LogP contribution in [-0.4, -0.2) is 19.3 Å². The molecule has 0 aliphatic carbocycles. The van der Waals surface area contributed by atoms with Crippen molar-refractivity contribution in [1.29, 1.82) is 5.26 Å². The number of benzene rings is 3. The van der Waals surface area contributed by atoms with Gasteiger partial charge in [0.05, 0.1) is 26.7 Å². The van der Waals surface area contributed by atoms with Gasteiger partial charge in [-0.3, -0.25) is 9.52 Å². The summed E-state index contributed by atoms with van der Waals surface area (Å²) in [6, 6.07) is 20.0. The maximum atomic E-state index is 12.6. The second kappa shape index (κ2) is 8.18. The Morgan fingerprint density at radius 1 is 1.03 bits per heavy atom. The van der Waals surface area contributed by atoms with Gasteiger partial charge in [-0.15, -0.1) is 0 Å². The Bertz CT molecular complexity index is 1420. The first kappa shape index (κ1) is 20.5. The van der Waals surface area contributed by atoms with E-state index < -0.39 is 10.0 Å². The molecule has 4 aromatic rings. The molecule has 0 atom stereocenters. The van der Waals surface area contributed by atoms with Gasteiger partial charge in [-0.2, -0.15) is 5.26 Å². The number of thiazole rings is 1. The molecular weight excluding hydrogens is 432 g/mol. The average molecular weight is 449 g/mol. The molecule has 0 saturated heterocycles. The van der Waals surface area contributed by atoms with E-state index in [1.807, 2.05) is 13.0 Å². The minimum atomic E-state index is -3.74. The number of anilines is 2. The number of nitriles is 1. The molecule has 1 heterocycles. The van der Waals surface area contributed by atoms with Gasteiger partial charge in [0.15, 0.2) is 5.13 Å². The van der Waals surface area contributed by atoms with Crippen LogP contribution in [0.2, 0.25) is 0 Å². The molecule has 4 rings (SSSR count). The van der Waals surface area contributed by atoms with Gasteiger partial charge < -0.3 is 5.32 Å². The summed E-state index contributed by atoms with van der Waals surface area (Å²) in [5.74, 6) is -0.311. The Morgan fingerprint density at radius 3 is 2.42 bits per heavy atom. The molecule has 2 N–H and O–H groups in total. The molecule has 9 heteroatoms. The van der Waals surface area contributed by atoms with Crippen LogP contribution in [0.5, 0.6) is 0 Å². The molecule has 3 aromatic carbocycles. The third-order valence-corrected chi connectivity index (χ3v) is 6.89. The number of hydrogen-bond acceptors (Lipinski definition) is 6. The molecule has 31 heavy (non-hydrogen) atoms. The number of carbonyl (C=O) groups excluding carboxylic acids is 1. The summed E-state index contributed by atoms with van der Waals surface area (Å²) < 4.78 is 28.4. The first-order valence-electron chi connectivity index (χ1n) is 9.16. The fraction of sp³-hybridized carbons (Fsp3) is 0.0455. The fourth-order valence-corrected chi connectivity index (χ4v) is 4.98. The molecule has 154 valence electrons. The number of nitrogens with zero attached hydrogens (tertiary/aromatic N) is 2. The second-order valence-corrected chi connectivity index (χ2v) is 9.48. The third kappa shape index (κ3) is 4.55. The van der Waals surface area contributed by atoms with Crippen LogP contribution in [0.1, 0.15) is 21.5 Å². The number of aryl methyl sites for hydroxylation is 1. The Labute approximate surface area is 183 Å². The quantitative estimate of drug-likeness (QED) is 0.466. The van der Waals surface area contributed by atoms with Crippen LogP contribution in [0.25, 0.3) is 10.2 Å². The van der Waals surface area contributed by atoms with E-state index in [4.69, 9.17) is 5.26 Å². The SMILES string of the molecule is Cc1ccc(S(=O)(=O)Nc2nc3ccc(NC(=O)c4ccc(C#N)cc4)cc3s2)cc1. The number of rotatable bonds is 5. The number of sulfonamides is 1. The standard InChI is InChI=1S/C22H16N4O3S2/c1-14-2-9-18(10-3-14)31(28,29)26-22-25-19-11-8-17(12-20(19)30-22)24-21(27)16-6-4-15(13-23)5-7-16/h2-12H,1H3,(H,24,27)(H,25,26). The van der Waals surface area contributed by atoms with Crippen LogP contribution in [0, 0.1) is 18.3 Å². The van der Waals surface area contributed by atoms with E-state index in [0.29, 0.717) is 22.3 Å². The minimum absolute atomic E-state index is 0.160. The van der Waals surface area contributed by atoms with E-state index in [9.17, 15) is 13.2 Å². The lowest BCUT2D eigenvalue weighted by Crippen LogP contribution is -2.12. The van der Waals surface area contributed by atoms with Gasteiger partial charge in [0.2, 0.25) is 0 Å². The normalized spacial score (nSPS) is 11.1. The highest BCUT2D eigenvalue weighted by Gasteiger charge is 2.17.